The van der Waals surface area contributed by atoms with E-state index in [1.165, 1.54) is 0 Å². The second kappa shape index (κ2) is 9.58. The zero-order valence-electron chi connectivity index (χ0n) is 6.79. The van der Waals surface area contributed by atoms with Crippen molar-refractivity contribution in [3.63, 3.8) is 0 Å². The number of hydrogen-bond acceptors (Lipinski definition) is 5. The molecule has 7 nitrogen and oxygen atoms in total. The fourth-order valence-corrected chi connectivity index (χ4v) is 0.263. The average Bonchev–Trinajstić information content (AvgIpc) is 1.95. The van der Waals surface area contributed by atoms with Crippen LogP contribution in [-0.4, -0.2) is 42.6 Å². The third kappa shape index (κ3) is 51.3. The molecule has 0 heterocycles. The number of hydrogen-bond donors (Lipinski definition) is 3. The zero-order chi connectivity index (χ0) is 10.7. The first-order valence-corrected chi connectivity index (χ1v) is 4.46. The highest BCUT2D eigenvalue weighted by Crippen LogP contribution is 1.74. The van der Waals surface area contributed by atoms with Crippen LogP contribution in [0.4, 0.5) is 0 Å². The monoisotopic (exact) mass is 216 g/mol. The molecule has 0 aromatic heterocycles. The van der Waals surface area contributed by atoms with Crippen LogP contribution >= 0.6 is 0 Å². The molecule has 0 saturated heterocycles. The molecule has 0 aromatic carbocycles. The summed E-state index contributed by atoms with van der Waals surface area (Å²) in [5.74, 6) is 0. The van der Waals surface area contributed by atoms with Gasteiger partial charge in [0, 0.05) is 0 Å². The minimum absolute atomic E-state index is 0.216. The van der Waals surface area contributed by atoms with Crippen LogP contribution in [0.1, 0.15) is 0 Å². The largest absolute Gasteiger partial charge is 0.394 e. The van der Waals surface area contributed by atoms with Crippen LogP contribution < -0.4 is 0 Å². The van der Waals surface area contributed by atoms with E-state index in [2.05, 4.69) is 11.5 Å². The first-order valence-electron chi connectivity index (χ1n) is 3.06. The van der Waals surface area contributed by atoms with Gasteiger partial charge >= 0.3 is 10.4 Å². The summed E-state index contributed by atoms with van der Waals surface area (Å²) >= 11 is 0. The van der Waals surface area contributed by atoms with Crippen molar-refractivity contribution in [3.8, 4) is 0 Å². The fraction of sp³-hybridized carbons (Fsp3) is 0.600. The molecule has 8 heteroatoms. The lowest BCUT2D eigenvalue weighted by Crippen LogP contribution is -2.01. The van der Waals surface area contributed by atoms with Crippen molar-refractivity contribution >= 4 is 10.4 Å². The van der Waals surface area contributed by atoms with Gasteiger partial charge in [0.15, 0.2) is 0 Å². The molecule has 0 unspecified atom stereocenters. The molecule has 13 heavy (non-hydrogen) atoms. The van der Waals surface area contributed by atoms with E-state index in [4.69, 9.17) is 27.5 Å². The maximum absolute atomic E-state index is 8.74. The minimum atomic E-state index is -4.67. The molecular formula is C5H12O7S. The van der Waals surface area contributed by atoms with Gasteiger partial charge in [-0.15, -0.1) is 6.58 Å². The Morgan fingerprint density at radius 2 is 1.77 bits per heavy atom. The van der Waals surface area contributed by atoms with Gasteiger partial charge in [-0.25, -0.2) is 4.89 Å². The summed E-state index contributed by atoms with van der Waals surface area (Å²) < 4.78 is 36.4. The summed E-state index contributed by atoms with van der Waals surface area (Å²) in [5.41, 5.74) is 0. The average molecular weight is 216 g/mol. The van der Waals surface area contributed by atoms with Crippen molar-refractivity contribution in [3.05, 3.63) is 12.7 Å². The Balaban J connectivity index is 0. The summed E-state index contributed by atoms with van der Waals surface area (Å²) in [7, 11) is -4.67. The highest BCUT2D eigenvalue weighted by atomic mass is 32.3. The summed E-state index contributed by atoms with van der Waals surface area (Å²) in [6.07, 6.45) is 1.64. The van der Waals surface area contributed by atoms with Gasteiger partial charge in [-0.1, -0.05) is 6.08 Å². The van der Waals surface area contributed by atoms with Crippen molar-refractivity contribution < 1.29 is 32.4 Å². The normalized spacial score (nSPS) is 10.1. The van der Waals surface area contributed by atoms with Crippen molar-refractivity contribution in [2.75, 3.05) is 19.8 Å². The molecule has 0 aliphatic heterocycles. The van der Waals surface area contributed by atoms with Gasteiger partial charge in [0.2, 0.25) is 0 Å². The standard InChI is InChI=1S/C5H10O3.H2O4S/c1-2-3-7-4-5-8-6;1-5(2,3)4/h2,6H,1,3-5H2;(H2,1,2,3,4). The van der Waals surface area contributed by atoms with Crippen LogP contribution in [0.5, 0.6) is 0 Å². The van der Waals surface area contributed by atoms with Crippen molar-refractivity contribution in [2.45, 2.75) is 0 Å². The van der Waals surface area contributed by atoms with Crippen LogP contribution in [-0.2, 0) is 20.0 Å². The maximum Gasteiger partial charge on any atom is 0.394 e. The van der Waals surface area contributed by atoms with Crippen LogP contribution in [0, 0.1) is 0 Å². The molecule has 0 aliphatic carbocycles. The fourth-order valence-electron chi connectivity index (χ4n) is 0.263. The molecule has 0 saturated carbocycles. The summed E-state index contributed by atoms with van der Waals surface area (Å²) in [5, 5.41) is 7.76. The molecule has 0 bridgehead atoms. The second-order valence-corrected chi connectivity index (χ2v) is 2.54. The third-order valence-electron chi connectivity index (χ3n) is 0.555. The molecule has 0 rings (SSSR count). The highest BCUT2D eigenvalue weighted by molar-refractivity contribution is 7.79. The van der Waals surface area contributed by atoms with E-state index in [-0.39, 0.29) is 6.61 Å². The van der Waals surface area contributed by atoms with Gasteiger partial charge in [0.05, 0.1) is 13.2 Å². The molecular weight excluding hydrogens is 204 g/mol. The van der Waals surface area contributed by atoms with Crippen molar-refractivity contribution in [1.29, 1.82) is 0 Å². The van der Waals surface area contributed by atoms with Gasteiger partial charge in [0.25, 0.3) is 0 Å². The SMILES string of the molecule is C=CCOCCOO.O=S(=O)(O)O. The van der Waals surface area contributed by atoms with E-state index in [0.717, 1.165) is 0 Å². The molecule has 80 valence electrons. The molecule has 0 fully saturated rings. The number of ether oxygens (including phenoxy) is 1. The van der Waals surface area contributed by atoms with Gasteiger partial charge < -0.3 is 4.74 Å². The first kappa shape index (κ1) is 15.0. The number of rotatable bonds is 5. The Morgan fingerprint density at radius 1 is 1.31 bits per heavy atom. The van der Waals surface area contributed by atoms with E-state index < -0.39 is 10.4 Å². The van der Waals surface area contributed by atoms with E-state index in [1.807, 2.05) is 0 Å². The molecule has 0 aromatic rings. The summed E-state index contributed by atoms with van der Waals surface area (Å²) in [6, 6.07) is 0. The Hall–Kier alpha value is -0.510. The highest BCUT2D eigenvalue weighted by Gasteiger charge is 1.84. The first-order chi connectivity index (χ1) is 5.91. The molecule has 0 amide bonds. The quantitative estimate of drug-likeness (QED) is 0.195. The van der Waals surface area contributed by atoms with Gasteiger partial charge in [-0.3, -0.25) is 14.4 Å². The Kier molecular flexibility index (Phi) is 11.0. The van der Waals surface area contributed by atoms with Crippen LogP contribution in [0.15, 0.2) is 12.7 Å². The van der Waals surface area contributed by atoms with Gasteiger partial charge in [0.1, 0.15) is 6.61 Å². The lowest BCUT2D eigenvalue weighted by atomic mass is 10.7. The van der Waals surface area contributed by atoms with Crippen LogP contribution in [0.2, 0.25) is 0 Å². The molecule has 0 atom stereocenters. The summed E-state index contributed by atoms with van der Waals surface area (Å²) in [4.78, 5) is 3.73. The molecule has 0 aliphatic rings. The van der Waals surface area contributed by atoms with Crippen LogP contribution in [0.3, 0.4) is 0 Å². The third-order valence-corrected chi connectivity index (χ3v) is 0.555. The minimum Gasteiger partial charge on any atom is -0.375 e. The molecule has 0 spiro atoms. The van der Waals surface area contributed by atoms with E-state index in [9.17, 15) is 0 Å². The predicted octanol–water partition coefficient (Wildman–Crippen LogP) is 0.0258. The second-order valence-electron chi connectivity index (χ2n) is 1.64. The van der Waals surface area contributed by atoms with Crippen molar-refractivity contribution in [1.82, 2.24) is 0 Å². The topological polar surface area (TPSA) is 113 Å². The lowest BCUT2D eigenvalue weighted by Gasteiger charge is -1.95. The van der Waals surface area contributed by atoms with E-state index >= 15 is 0 Å². The van der Waals surface area contributed by atoms with Crippen molar-refractivity contribution in [2.24, 2.45) is 0 Å². The van der Waals surface area contributed by atoms with E-state index in [0.29, 0.717) is 13.2 Å². The predicted molar refractivity (Wildman–Crippen MR) is 43.8 cm³/mol. The Labute approximate surface area is 76.1 Å². The summed E-state index contributed by atoms with van der Waals surface area (Å²) in [6.45, 7) is 4.55. The van der Waals surface area contributed by atoms with E-state index in [1.54, 1.807) is 6.08 Å². The van der Waals surface area contributed by atoms with Gasteiger partial charge in [-0.2, -0.15) is 8.42 Å². The molecule has 3 N–H and O–H groups in total. The van der Waals surface area contributed by atoms with Crippen LogP contribution in [0.25, 0.3) is 0 Å². The lowest BCUT2D eigenvalue weighted by molar-refractivity contribution is -0.248. The zero-order valence-corrected chi connectivity index (χ0v) is 7.61. The Morgan fingerprint density at radius 3 is 2.08 bits per heavy atom. The smallest absolute Gasteiger partial charge is 0.375 e. The van der Waals surface area contributed by atoms with Gasteiger partial charge in [-0.05, 0) is 0 Å². The maximum atomic E-state index is 8.74. The molecule has 0 radical (unpaired) electrons. The Bertz CT molecular complexity index is 189.